The first kappa shape index (κ1) is 13.6. The lowest BCUT2D eigenvalue weighted by molar-refractivity contribution is 0.227. The van der Waals surface area contributed by atoms with E-state index in [1.54, 1.807) is 6.07 Å². The van der Waals surface area contributed by atoms with Gasteiger partial charge in [0, 0.05) is 18.7 Å². The number of nitrogen functional groups attached to an aromatic ring is 1. The molecule has 1 aromatic rings. The molecule has 1 atom stereocenters. The molecule has 1 aliphatic rings. The number of hydrogen-bond donors (Lipinski definition) is 2. The number of benzene rings is 1. The van der Waals surface area contributed by atoms with Crippen LogP contribution in [-0.2, 0) is 0 Å². The fourth-order valence-electron chi connectivity index (χ4n) is 2.37. The van der Waals surface area contributed by atoms with Gasteiger partial charge < -0.3 is 16.0 Å². The minimum atomic E-state index is -0.283. The lowest BCUT2D eigenvalue weighted by Crippen LogP contribution is -2.41. The fraction of sp³-hybridized carbons (Fsp3) is 0.538. The minimum absolute atomic E-state index is 0.283. The van der Waals surface area contributed by atoms with E-state index in [-0.39, 0.29) is 5.82 Å². The predicted molar refractivity (Wildman–Crippen MR) is 77.3 cm³/mol. The summed E-state index contributed by atoms with van der Waals surface area (Å²) in [6, 6.07) is 3.42. The van der Waals surface area contributed by atoms with Gasteiger partial charge in [-0.2, -0.15) is 0 Å². The lowest BCUT2D eigenvalue weighted by Gasteiger charge is -2.33. The standard InChI is InChI=1S/C13H19BrFN3/c1-2-18-5-3-4-9(8-18)17-13-7-11(15)10(14)6-12(13)16/h6-7,9,17H,2-5,8,16H2,1H3. The van der Waals surface area contributed by atoms with E-state index in [1.807, 2.05) is 0 Å². The summed E-state index contributed by atoms with van der Waals surface area (Å²) in [6.07, 6.45) is 2.28. The molecule has 18 heavy (non-hydrogen) atoms. The molecule has 0 spiro atoms. The zero-order valence-electron chi connectivity index (χ0n) is 10.5. The molecular formula is C13H19BrFN3. The summed E-state index contributed by atoms with van der Waals surface area (Å²) in [6.45, 7) is 5.37. The van der Waals surface area contributed by atoms with Crippen molar-refractivity contribution in [3.05, 3.63) is 22.4 Å². The zero-order chi connectivity index (χ0) is 13.1. The molecular weight excluding hydrogens is 297 g/mol. The highest BCUT2D eigenvalue weighted by Gasteiger charge is 2.19. The van der Waals surface area contributed by atoms with Crippen LogP contribution < -0.4 is 11.1 Å². The molecule has 0 saturated carbocycles. The molecule has 1 aliphatic heterocycles. The van der Waals surface area contributed by atoms with Gasteiger partial charge in [0.2, 0.25) is 0 Å². The van der Waals surface area contributed by atoms with Crippen molar-refractivity contribution >= 4 is 27.3 Å². The van der Waals surface area contributed by atoms with E-state index in [0.717, 1.165) is 26.1 Å². The smallest absolute Gasteiger partial charge is 0.139 e. The van der Waals surface area contributed by atoms with Gasteiger partial charge in [-0.15, -0.1) is 0 Å². The van der Waals surface area contributed by atoms with E-state index >= 15 is 0 Å². The molecule has 0 bridgehead atoms. The molecule has 1 aromatic carbocycles. The van der Waals surface area contributed by atoms with Crippen molar-refractivity contribution in [1.82, 2.24) is 4.90 Å². The van der Waals surface area contributed by atoms with Crippen LogP contribution in [0.15, 0.2) is 16.6 Å². The van der Waals surface area contributed by atoms with Crippen LogP contribution in [0.4, 0.5) is 15.8 Å². The Hall–Kier alpha value is -0.810. The number of nitrogens with one attached hydrogen (secondary N) is 1. The first-order valence-corrected chi connectivity index (χ1v) is 7.13. The first-order chi connectivity index (χ1) is 8.60. The van der Waals surface area contributed by atoms with Crippen LogP contribution in [0.25, 0.3) is 0 Å². The molecule has 100 valence electrons. The van der Waals surface area contributed by atoms with Crippen molar-refractivity contribution in [1.29, 1.82) is 0 Å². The van der Waals surface area contributed by atoms with Gasteiger partial charge in [0.15, 0.2) is 0 Å². The van der Waals surface area contributed by atoms with Crippen molar-refractivity contribution in [2.75, 3.05) is 30.7 Å². The molecule has 1 unspecified atom stereocenters. The van der Waals surface area contributed by atoms with E-state index in [1.165, 1.54) is 12.5 Å². The minimum Gasteiger partial charge on any atom is -0.397 e. The average molecular weight is 316 g/mol. The van der Waals surface area contributed by atoms with Crippen molar-refractivity contribution in [3.8, 4) is 0 Å². The second-order valence-corrected chi connectivity index (χ2v) is 5.58. The maximum absolute atomic E-state index is 13.5. The Bertz CT molecular complexity index is 425. The third-order valence-corrected chi connectivity index (χ3v) is 4.01. The quantitative estimate of drug-likeness (QED) is 0.842. The van der Waals surface area contributed by atoms with Gasteiger partial charge in [-0.25, -0.2) is 4.39 Å². The average Bonchev–Trinajstić information content (AvgIpc) is 2.36. The molecule has 3 nitrogen and oxygen atoms in total. The number of rotatable bonds is 3. The largest absolute Gasteiger partial charge is 0.397 e. The third-order valence-electron chi connectivity index (χ3n) is 3.40. The van der Waals surface area contributed by atoms with Crippen LogP contribution in [0.5, 0.6) is 0 Å². The molecule has 0 aliphatic carbocycles. The summed E-state index contributed by atoms with van der Waals surface area (Å²) in [5.74, 6) is -0.283. The zero-order valence-corrected chi connectivity index (χ0v) is 12.1. The Kier molecular flexibility index (Phi) is 4.45. The maximum atomic E-state index is 13.5. The monoisotopic (exact) mass is 315 g/mol. The molecule has 0 aromatic heterocycles. The number of piperidine rings is 1. The summed E-state index contributed by atoms with van der Waals surface area (Å²) in [7, 11) is 0. The van der Waals surface area contributed by atoms with Gasteiger partial charge in [0.1, 0.15) is 5.82 Å². The van der Waals surface area contributed by atoms with Gasteiger partial charge in [-0.3, -0.25) is 0 Å². The summed E-state index contributed by atoms with van der Waals surface area (Å²) >= 11 is 3.14. The Balaban J connectivity index is 2.07. The van der Waals surface area contributed by atoms with Crippen molar-refractivity contribution in [2.24, 2.45) is 0 Å². The highest BCUT2D eigenvalue weighted by Crippen LogP contribution is 2.28. The van der Waals surface area contributed by atoms with E-state index in [4.69, 9.17) is 5.73 Å². The Morgan fingerprint density at radius 3 is 3.06 bits per heavy atom. The fourth-order valence-corrected chi connectivity index (χ4v) is 2.73. The molecule has 1 heterocycles. The SMILES string of the molecule is CCN1CCCC(Nc2cc(F)c(Br)cc2N)C1. The number of likely N-dealkylation sites (N-methyl/N-ethyl adjacent to an activating group) is 1. The summed E-state index contributed by atoms with van der Waals surface area (Å²) in [5.41, 5.74) is 7.18. The van der Waals surface area contributed by atoms with Crippen LogP contribution in [0.2, 0.25) is 0 Å². The van der Waals surface area contributed by atoms with E-state index in [9.17, 15) is 4.39 Å². The van der Waals surface area contributed by atoms with Gasteiger partial charge in [-0.1, -0.05) is 6.92 Å². The predicted octanol–water partition coefficient (Wildman–Crippen LogP) is 3.07. The number of nitrogens with two attached hydrogens (primary N) is 1. The normalized spacial score (nSPS) is 20.9. The number of anilines is 2. The molecule has 1 saturated heterocycles. The Labute approximate surface area is 116 Å². The maximum Gasteiger partial charge on any atom is 0.139 e. The van der Waals surface area contributed by atoms with Crippen molar-refractivity contribution in [2.45, 2.75) is 25.8 Å². The van der Waals surface area contributed by atoms with Crippen LogP contribution >= 0.6 is 15.9 Å². The van der Waals surface area contributed by atoms with Gasteiger partial charge in [-0.05, 0) is 47.9 Å². The summed E-state index contributed by atoms with van der Waals surface area (Å²) < 4.78 is 13.9. The third kappa shape index (κ3) is 3.14. The van der Waals surface area contributed by atoms with Gasteiger partial charge in [0.05, 0.1) is 15.8 Å². The first-order valence-electron chi connectivity index (χ1n) is 6.33. The van der Waals surface area contributed by atoms with Gasteiger partial charge >= 0.3 is 0 Å². The van der Waals surface area contributed by atoms with Gasteiger partial charge in [0.25, 0.3) is 0 Å². The van der Waals surface area contributed by atoms with E-state index in [0.29, 0.717) is 21.9 Å². The van der Waals surface area contributed by atoms with Crippen LogP contribution in [0.1, 0.15) is 19.8 Å². The number of halogens is 2. The van der Waals surface area contributed by atoms with E-state index in [2.05, 4.69) is 33.1 Å². The topological polar surface area (TPSA) is 41.3 Å². The lowest BCUT2D eigenvalue weighted by atomic mass is 10.1. The molecule has 0 radical (unpaired) electrons. The summed E-state index contributed by atoms with van der Waals surface area (Å²) in [4.78, 5) is 2.40. The number of likely N-dealkylation sites (tertiary alicyclic amines) is 1. The number of hydrogen-bond acceptors (Lipinski definition) is 3. The summed E-state index contributed by atoms with van der Waals surface area (Å²) in [5, 5.41) is 3.35. The van der Waals surface area contributed by atoms with Crippen LogP contribution in [0.3, 0.4) is 0 Å². The van der Waals surface area contributed by atoms with Crippen molar-refractivity contribution in [3.63, 3.8) is 0 Å². The Morgan fingerprint density at radius 1 is 1.56 bits per heavy atom. The molecule has 1 fully saturated rings. The molecule has 2 rings (SSSR count). The molecule has 5 heteroatoms. The highest BCUT2D eigenvalue weighted by molar-refractivity contribution is 9.10. The molecule has 0 amide bonds. The van der Waals surface area contributed by atoms with Crippen molar-refractivity contribution < 1.29 is 4.39 Å². The highest BCUT2D eigenvalue weighted by atomic mass is 79.9. The Morgan fingerprint density at radius 2 is 2.33 bits per heavy atom. The van der Waals surface area contributed by atoms with Crippen LogP contribution in [0, 0.1) is 5.82 Å². The van der Waals surface area contributed by atoms with E-state index < -0.39 is 0 Å². The van der Waals surface area contributed by atoms with Crippen LogP contribution in [-0.4, -0.2) is 30.6 Å². The number of nitrogens with zero attached hydrogens (tertiary/aromatic N) is 1. The second kappa shape index (κ2) is 5.89. The molecule has 3 N–H and O–H groups in total. The second-order valence-electron chi connectivity index (χ2n) is 4.73.